The number of carbonyl (C=O) groups is 1. The Bertz CT molecular complexity index is 778. The van der Waals surface area contributed by atoms with Crippen molar-refractivity contribution in [1.82, 2.24) is 4.90 Å². The first-order valence-corrected chi connectivity index (χ1v) is 9.13. The van der Waals surface area contributed by atoms with E-state index in [1.807, 2.05) is 36.4 Å². The summed E-state index contributed by atoms with van der Waals surface area (Å²) >= 11 is 0. The molecule has 0 N–H and O–H groups in total. The number of benzene rings is 2. The molecular weight excluding hydrogens is 298 g/mol. The van der Waals surface area contributed by atoms with Gasteiger partial charge in [-0.3, -0.25) is 4.79 Å². The van der Waals surface area contributed by atoms with Crippen LogP contribution >= 0.6 is 0 Å². The highest BCUT2D eigenvalue weighted by atomic mass is 32.2. The maximum absolute atomic E-state index is 12.7. The summed E-state index contributed by atoms with van der Waals surface area (Å²) in [5.41, 5.74) is 0.598. The monoisotopic (exact) mass is 319 g/mol. The number of hydrogen-bond donors (Lipinski definition) is 0. The average molecular weight is 319 g/mol. The molecule has 1 amide bonds. The van der Waals surface area contributed by atoms with Crippen LogP contribution in [0.25, 0.3) is 10.8 Å². The topological polar surface area (TPSA) is 54.5 Å². The fourth-order valence-corrected chi connectivity index (χ4v) is 3.59. The quantitative estimate of drug-likeness (QED) is 0.851. The molecule has 22 heavy (non-hydrogen) atoms. The zero-order valence-electron chi connectivity index (χ0n) is 13.1. The van der Waals surface area contributed by atoms with E-state index in [0.29, 0.717) is 5.56 Å². The molecule has 1 atom stereocenters. The lowest BCUT2D eigenvalue weighted by molar-refractivity contribution is 0.0759. The molecule has 1 unspecified atom stereocenters. The summed E-state index contributed by atoms with van der Waals surface area (Å²) in [4.78, 5) is 14.2. The molecule has 0 radical (unpaired) electrons. The lowest BCUT2D eigenvalue weighted by Crippen LogP contribution is -2.39. The molecule has 0 saturated carbocycles. The number of carbonyl (C=O) groups excluding carboxylic acids is 1. The zero-order chi connectivity index (χ0) is 16.3. The standard InChI is InChI=1S/C17H21NO3S/c1-4-22(20,21)12-13(2)18(3)17(19)16-11-7-9-14-8-5-6-10-15(14)16/h5-11,13H,4,12H2,1-3H3. The van der Waals surface area contributed by atoms with Gasteiger partial charge in [-0.25, -0.2) is 8.42 Å². The van der Waals surface area contributed by atoms with E-state index < -0.39 is 9.84 Å². The van der Waals surface area contributed by atoms with Crippen molar-refractivity contribution in [2.24, 2.45) is 0 Å². The third kappa shape index (κ3) is 3.47. The van der Waals surface area contributed by atoms with E-state index in [1.54, 1.807) is 27.0 Å². The third-order valence-corrected chi connectivity index (χ3v) is 5.81. The average Bonchev–Trinajstić information content (AvgIpc) is 2.52. The predicted molar refractivity (Wildman–Crippen MR) is 89.8 cm³/mol. The van der Waals surface area contributed by atoms with Crippen LogP contribution in [0.2, 0.25) is 0 Å². The van der Waals surface area contributed by atoms with Crippen molar-refractivity contribution in [2.45, 2.75) is 19.9 Å². The van der Waals surface area contributed by atoms with Gasteiger partial charge in [0.15, 0.2) is 9.84 Å². The predicted octanol–water partition coefficient (Wildman–Crippen LogP) is 2.74. The highest BCUT2D eigenvalue weighted by molar-refractivity contribution is 7.91. The van der Waals surface area contributed by atoms with Gasteiger partial charge in [0, 0.05) is 24.4 Å². The van der Waals surface area contributed by atoms with Crippen molar-refractivity contribution in [1.29, 1.82) is 0 Å². The first-order chi connectivity index (χ1) is 10.4. The minimum atomic E-state index is -3.12. The van der Waals surface area contributed by atoms with Crippen molar-refractivity contribution in [2.75, 3.05) is 18.6 Å². The molecule has 0 aromatic heterocycles. The van der Waals surface area contributed by atoms with Crippen LogP contribution in [0.1, 0.15) is 24.2 Å². The van der Waals surface area contributed by atoms with E-state index in [4.69, 9.17) is 0 Å². The van der Waals surface area contributed by atoms with E-state index in [9.17, 15) is 13.2 Å². The van der Waals surface area contributed by atoms with Crippen LogP contribution in [0, 0.1) is 0 Å². The summed E-state index contributed by atoms with van der Waals surface area (Å²) in [5, 5.41) is 1.88. The Labute approximate surface area is 131 Å². The minimum Gasteiger partial charge on any atom is -0.338 e. The molecule has 2 aromatic carbocycles. The number of amides is 1. The van der Waals surface area contributed by atoms with Crippen molar-refractivity contribution in [3.8, 4) is 0 Å². The second-order valence-corrected chi connectivity index (χ2v) is 7.89. The van der Waals surface area contributed by atoms with Gasteiger partial charge in [-0.15, -0.1) is 0 Å². The number of rotatable bonds is 5. The molecule has 118 valence electrons. The van der Waals surface area contributed by atoms with Crippen LogP contribution in [0.4, 0.5) is 0 Å². The van der Waals surface area contributed by atoms with E-state index in [0.717, 1.165) is 10.8 Å². The van der Waals surface area contributed by atoms with Gasteiger partial charge in [0.1, 0.15) is 0 Å². The largest absolute Gasteiger partial charge is 0.338 e. The summed E-state index contributed by atoms with van der Waals surface area (Å²) in [5.74, 6) is -0.0833. The number of sulfone groups is 1. The summed E-state index contributed by atoms with van der Waals surface area (Å²) in [6.07, 6.45) is 0. The van der Waals surface area contributed by atoms with Crippen molar-refractivity contribution >= 4 is 26.5 Å². The van der Waals surface area contributed by atoms with E-state index in [-0.39, 0.29) is 23.5 Å². The molecule has 0 saturated heterocycles. The second-order valence-electron chi connectivity index (χ2n) is 5.49. The van der Waals surface area contributed by atoms with Crippen LogP contribution in [0.15, 0.2) is 42.5 Å². The third-order valence-electron chi connectivity index (χ3n) is 3.94. The summed E-state index contributed by atoms with van der Waals surface area (Å²) < 4.78 is 23.5. The maximum atomic E-state index is 12.7. The Morgan fingerprint density at radius 1 is 1.14 bits per heavy atom. The van der Waals surface area contributed by atoms with E-state index in [2.05, 4.69) is 0 Å². The molecule has 0 aliphatic rings. The number of nitrogens with zero attached hydrogens (tertiary/aromatic N) is 1. The highest BCUT2D eigenvalue weighted by Crippen LogP contribution is 2.20. The van der Waals surface area contributed by atoms with E-state index in [1.165, 1.54) is 4.90 Å². The Morgan fingerprint density at radius 3 is 2.45 bits per heavy atom. The van der Waals surface area contributed by atoms with Crippen LogP contribution in [0.3, 0.4) is 0 Å². The molecule has 0 fully saturated rings. The molecule has 0 spiro atoms. The summed E-state index contributed by atoms with van der Waals surface area (Å²) in [6.45, 7) is 3.38. The fraction of sp³-hybridized carbons (Fsp3) is 0.353. The molecular formula is C17H21NO3S. The molecule has 2 aromatic rings. The Balaban J connectivity index is 2.30. The maximum Gasteiger partial charge on any atom is 0.254 e. The lowest BCUT2D eigenvalue weighted by atomic mass is 10.0. The van der Waals surface area contributed by atoms with Crippen molar-refractivity contribution < 1.29 is 13.2 Å². The molecule has 0 heterocycles. The Morgan fingerprint density at radius 2 is 1.77 bits per heavy atom. The van der Waals surface area contributed by atoms with Gasteiger partial charge >= 0.3 is 0 Å². The number of hydrogen-bond acceptors (Lipinski definition) is 3. The van der Waals surface area contributed by atoms with Crippen molar-refractivity contribution in [3.05, 3.63) is 48.0 Å². The first-order valence-electron chi connectivity index (χ1n) is 7.31. The van der Waals surface area contributed by atoms with E-state index >= 15 is 0 Å². The first kappa shape index (κ1) is 16.5. The normalized spacial score (nSPS) is 13.0. The fourth-order valence-electron chi connectivity index (χ4n) is 2.40. The Kier molecular flexibility index (Phi) is 4.86. The molecule has 4 nitrogen and oxygen atoms in total. The summed E-state index contributed by atoms with van der Waals surface area (Å²) in [7, 11) is -1.46. The van der Waals surface area contributed by atoms with Crippen LogP contribution in [-0.4, -0.2) is 43.8 Å². The smallest absolute Gasteiger partial charge is 0.254 e. The van der Waals surface area contributed by atoms with Crippen molar-refractivity contribution in [3.63, 3.8) is 0 Å². The minimum absolute atomic E-state index is 0.0174. The lowest BCUT2D eigenvalue weighted by Gasteiger charge is -2.25. The SMILES string of the molecule is CCS(=O)(=O)CC(C)N(C)C(=O)c1cccc2ccccc12. The van der Waals surface area contributed by atoms with Crippen LogP contribution in [0.5, 0.6) is 0 Å². The van der Waals surface area contributed by atoms with Gasteiger partial charge in [0.05, 0.1) is 5.75 Å². The molecule has 5 heteroatoms. The van der Waals surface area contributed by atoms with Crippen LogP contribution in [-0.2, 0) is 9.84 Å². The molecule has 0 bridgehead atoms. The summed E-state index contributed by atoms with van der Waals surface area (Å²) in [6, 6.07) is 12.9. The Hall–Kier alpha value is -1.88. The van der Waals surface area contributed by atoms with Gasteiger partial charge < -0.3 is 4.90 Å². The van der Waals surface area contributed by atoms with Gasteiger partial charge in [-0.1, -0.05) is 43.3 Å². The van der Waals surface area contributed by atoms with Crippen LogP contribution < -0.4 is 0 Å². The van der Waals surface area contributed by atoms with Gasteiger partial charge in [0.2, 0.25) is 0 Å². The highest BCUT2D eigenvalue weighted by Gasteiger charge is 2.23. The zero-order valence-corrected chi connectivity index (χ0v) is 13.9. The molecule has 2 rings (SSSR count). The second kappa shape index (κ2) is 6.48. The molecule has 0 aliphatic carbocycles. The molecule has 0 aliphatic heterocycles. The van der Waals surface area contributed by atoms with Gasteiger partial charge in [-0.05, 0) is 23.8 Å². The van der Waals surface area contributed by atoms with Gasteiger partial charge in [-0.2, -0.15) is 0 Å². The van der Waals surface area contributed by atoms with Gasteiger partial charge in [0.25, 0.3) is 5.91 Å². The number of fused-ring (bicyclic) bond motifs is 1.